The molecule has 3 nitrogen and oxygen atoms in total. The Morgan fingerprint density at radius 1 is 1.64 bits per heavy atom. The lowest BCUT2D eigenvalue weighted by Crippen LogP contribution is -2.40. The molecule has 0 radical (unpaired) electrons. The monoisotopic (exact) mass is 217 g/mol. The molecule has 1 aliphatic rings. The van der Waals surface area contributed by atoms with Gasteiger partial charge >= 0.3 is 0 Å². The number of aliphatic hydroxyl groups is 1. The maximum Gasteiger partial charge on any atom is 0.224 e. The molecule has 0 bridgehead atoms. The maximum atomic E-state index is 11.5. The molecule has 0 aromatic rings. The van der Waals surface area contributed by atoms with Crippen molar-refractivity contribution in [1.82, 2.24) is 4.90 Å². The van der Waals surface area contributed by atoms with E-state index in [1.807, 2.05) is 0 Å². The summed E-state index contributed by atoms with van der Waals surface area (Å²) in [7, 11) is 0. The predicted octanol–water partition coefficient (Wildman–Crippen LogP) is 0.924. The van der Waals surface area contributed by atoms with E-state index in [2.05, 4.69) is 26.5 Å². The first-order valence-electron chi connectivity index (χ1n) is 5.13. The average Bonchev–Trinajstić information content (AvgIpc) is 2.41. The number of hydrogen-bond donors (Lipinski definition) is 2. The zero-order chi connectivity index (χ0) is 10.7. The zero-order valence-electron chi connectivity index (χ0n) is 8.81. The number of aliphatic hydroxyl groups excluding tert-OH is 1. The van der Waals surface area contributed by atoms with Gasteiger partial charge in [0.15, 0.2) is 0 Å². The van der Waals surface area contributed by atoms with Crippen molar-refractivity contribution in [2.24, 2.45) is 5.92 Å². The SMILES string of the molecule is CC(C)C[C@@H](CO)N1CC(S)CC1=O. The van der Waals surface area contributed by atoms with Gasteiger partial charge in [0, 0.05) is 18.2 Å². The van der Waals surface area contributed by atoms with Gasteiger partial charge in [0.1, 0.15) is 0 Å². The third kappa shape index (κ3) is 2.89. The molecule has 1 aliphatic heterocycles. The molecule has 0 aliphatic carbocycles. The summed E-state index contributed by atoms with van der Waals surface area (Å²) in [5.74, 6) is 0.628. The van der Waals surface area contributed by atoms with E-state index in [0.717, 1.165) is 6.42 Å². The van der Waals surface area contributed by atoms with Gasteiger partial charge in [0.2, 0.25) is 5.91 Å². The second-order valence-electron chi connectivity index (χ2n) is 4.37. The number of carbonyl (C=O) groups excluding carboxylic acids is 1. The molecule has 14 heavy (non-hydrogen) atoms. The number of likely N-dealkylation sites (tertiary alicyclic amines) is 1. The van der Waals surface area contributed by atoms with Crippen LogP contribution in [0.5, 0.6) is 0 Å². The highest BCUT2D eigenvalue weighted by Crippen LogP contribution is 2.21. The molecule has 1 heterocycles. The molecule has 82 valence electrons. The van der Waals surface area contributed by atoms with E-state index in [9.17, 15) is 9.90 Å². The van der Waals surface area contributed by atoms with Gasteiger partial charge in [-0.25, -0.2) is 0 Å². The first-order valence-corrected chi connectivity index (χ1v) is 5.64. The third-order valence-corrected chi connectivity index (χ3v) is 2.88. The number of nitrogens with zero attached hydrogens (tertiary/aromatic N) is 1. The summed E-state index contributed by atoms with van der Waals surface area (Å²) in [6.45, 7) is 4.94. The number of amides is 1. The summed E-state index contributed by atoms with van der Waals surface area (Å²) in [4.78, 5) is 13.3. The predicted molar refractivity (Wildman–Crippen MR) is 59.4 cm³/mol. The van der Waals surface area contributed by atoms with E-state index in [1.165, 1.54) is 0 Å². The van der Waals surface area contributed by atoms with Gasteiger partial charge in [0.05, 0.1) is 12.6 Å². The summed E-state index contributed by atoms with van der Waals surface area (Å²) >= 11 is 4.29. The Bertz CT molecular complexity index is 208. The van der Waals surface area contributed by atoms with E-state index in [0.29, 0.717) is 18.9 Å². The minimum atomic E-state index is -0.0142. The molecular weight excluding hydrogens is 198 g/mol. The lowest BCUT2D eigenvalue weighted by Gasteiger charge is -2.27. The summed E-state index contributed by atoms with van der Waals surface area (Å²) in [5, 5.41) is 9.36. The van der Waals surface area contributed by atoms with Crippen LogP contribution in [0.1, 0.15) is 26.7 Å². The lowest BCUT2D eigenvalue weighted by molar-refractivity contribution is -0.130. The molecule has 0 aromatic heterocycles. The highest BCUT2D eigenvalue weighted by atomic mass is 32.1. The van der Waals surface area contributed by atoms with Crippen LogP contribution in [-0.4, -0.2) is 40.4 Å². The van der Waals surface area contributed by atoms with E-state index >= 15 is 0 Å². The number of carbonyl (C=O) groups is 1. The molecule has 1 fully saturated rings. The molecule has 2 atom stereocenters. The van der Waals surface area contributed by atoms with Crippen LogP contribution in [0.25, 0.3) is 0 Å². The van der Waals surface area contributed by atoms with Gasteiger partial charge in [-0.1, -0.05) is 13.8 Å². The molecule has 1 unspecified atom stereocenters. The fourth-order valence-corrected chi connectivity index (χ4v) is 2.24. The number of hydrogen-bond acceptors (Lipinski definition) is 3. The highest BCUT2D eigenvalue weighted by Gasteiger charge is 2.32. The van der Waals surface area contributed by atoms with Crippen LogP contribution in [0.2, 0.25) is 0 Å². The van der Waals surface area contributed by atoms with Crippen molar-refractivity contribution in [2.45, 2.75) is 38.0 Å². The van der Waals surface area contributed by atoms with Crippen molar-refractivity contribution >= 4 is 18.5 Å². The summed E-state index contributed by atoms with van der Waals surface area (Å²) in [5.41, 5.74) is 0. The Balaban J connectivity index is 2.56. The highest BCUT2D eigenvalue weighted by molar-refractivity contribution is 7.81. The summed E-state index contributed by atoms with van der Waals surface area (Å²) in [6, 6.07) is -0.0142. The molecule has 4 heteroatoms. The van der Waals surface area contributed by atoms with Gasteiger partial charge < -0.3 is 10.0 Å². The molecule has 0 spiro atoms. The normalized spacial score (nSPS) is 24.8. The number of thiol groups is 1. The van der Waals surface area contributed by atoms with Crippen molar-refractivity contribution < 1.29 is 9.90 Å². The van der Waals surface area contributed by atoms with Crippen molar-refractivity contribution in [3.05, 3.63) is 0 Å². The fraction of sp³-hybridized carbons (Fsp3) is 0.900. The largest absolute Gasteiger partial charge is 0.394 e. The first-order chi connectivity index (χ1) is 6.54. The lowest BCUT2D eigenvalue weighted by atomic mass is 10.0. The van der Waals surface area contributed by atoms with Crippen LogP contribution in [0, 0.1) is 5.92 Å². The van der Waals surface area contributed by atoms with E-state index < -0.39 is 0 Å². The number of rotatable bonds is 4. The smallest absolute Gasteiger partial charge is 0.224 e. The van der Waals surface area contributed by atoms with Crippen molar-refractivity contribution in [3.63, 3.8) is 0 Å². The molecule has 1 rings (SSSR count). The van der Waals surface area contributed by atoms with E-state index in [1.54, 1.807) is 4.90 Å². The summed E-state index contributed by atoms with van der Waals surface area (Å²) < 4.78 is 0. The Labute approximate surface area is 90.9 Å². The van der Waals surface area contributed by atoms with Crippen molar-refractivity contribution in [2.75, 3.05) is 13.2 Å². The van der Waals surface area contributed by atoms with E-state index in [-0.39, 0.29) is 23.8 Å². The summed E-state index contributed by atoms with van der Waals surface area (Å²) in [6.07, 6.45) is 1.38. The molecule has 1 amide bonds. The Kier molecular flexibility index (Phi) is 4.26. The zero-order valence-corrected chi connectivity index (χ0v) is 9.70. The van der Waals surface area contributed by atoms with Gasteiger partial charge in [-0.15, -0.1) is 0 Å². The van der Waals surface area contributed by atoms with Gasteiger partial charge in [-0.3, -0.25) is 4.79 Å². The molecular formula is C10H19NO2S. The van der Waals surface area contributed by atoms with Gasteiger partial charge in [-0.05, 0) is 12.3 Å². The second-order valence-corrected chi connectivity index (χ2v) is 5.10. The molecule has 1 N–H and O–H groups in total. The Morgan fingerprint density at radius 3 is 2.64 bits per heavy atom. The van der Waals surface area contributed by atoms with Crippen molar-refractivity contribution in [3.8, 4) is 0 Å². The minimum Gasteiger partial charge on any atom is -0.394 e. The standard InChI is InChI=1S/C10H19NO2S/c1-7(2)3-8(6-12)11-5-9(14)4-10(11)13/h7-9,12,14H,3-6H2,1-2H3/t8-,9?/m0/s1. The van der Waals surface area contributed by atoms with Gasteiger partial charge in [-0.2, -0.15) is 12.6 Å². The minimum absolute atomic E-state index is 0.0142. The maximum absolute atomic E-state index is 11.5. The van der Waals surface area contributed by atoms with E-state index in [4.69, 9.17) is 0 Å². The van der Waals surface area contributed by atoms with Crippen LogP contribution in [0.15, 0.2) is 0 Å². The average molecular weight is 217 g/mol. The topological polar surface area (TPSA) is 40.5 Å². The van der Waals surface area contributed by atoms with Gasteiger partial charge in [0.25, 0.3) is 0 Å². The quantitative estimate of drug-likeness (QED) is 0.688. The van der Waals surface area contributed by atoms with Crippen LogP contribution in [0.3, 0.4) is 0 Å². The first kappa shape index (κ1) is 11.9. The molecule has 1 saturated heterocycles. The van der Waals surface area contributed by atoms with Crippen molar-refractivity contribution in [1.29, 1.82) is 0 Å². The van der Waals surface area contributed by atoms with Crippen LogP contribution in [0.4, 0.5) is 0 Å². The van der Waals surface area contributed by atoms with Crippen LogP contribution in [-0.2, 0) is 4.79 Å². The molecule has 0 aromatic carbocycles. The molecule has 0 saturated carbocycles. The Morgan fingerprint density at radius 2 is 2.29 bits per heavy atom. The van der Waals surface area contributed by atoms with Crippen LogP contribution < -0.4 is 0 Å². The van der Waals surface area contributed by atoms with Crippen LogP contribution >= 0.6 is 12.6 Å². The fourth-order valence-electron chi connectivity index (χ4n) is 1.91. The Hall–Kier alpha value is -0.220. The second kappa shape index (κ2) is 5.03. The third-order valence-electron chi connectivity index (χ3n) is 2.53.